The lowest BCUT2D eigenvalue weighted by Crippen LogP contribution is -2.29. The number of carbonyl (C=O) groups excluding carboxylic acids is 1. The summed E-state index contributed by atoms with van der Waals surface area (Å²) in [5.41, 5.74) is 1.63. The molecule has 1 saturated heterocycles. The quantitative estimate of drug-likeness (QED) is 0.867. The van der Waals surface area contributed by atoms with Crippen LogP contribution in [-0.4, -0.2) is 28.7 Å². The van der Waals surface area contributed by atoms with Crippen molar-refractivity contribution >= 4 is 5.78 Å². The maximum absolute atomic E-state index is 12.5. The number of nitrogens with zero attached hydrogens (tertiary/aromatic N) is 2. The second kappa shape index (κ2) is 6.01. The predicted octanol–water partition coefficient (Wildman–Crippen LogP) is 2.44. The van der Waals surface area contributed by atoms with Gasteiger partial charge in [0.05, 0.1) is 11.9 Å². The summed E-state index contributed by atoms with van der Waals surface area (Å²) in [7, 11) is 0. The highest BCUT2D eigenvalue weighted by molar-refractivity contribution is 5.95. The zero-order valence-corrected chi connectivity index (χ0v) is 11.5. The SMILES string of the molecule is O=C(CC1CCNCC1)c1ccnn1-c1ccccc1. The monoisotopic (exact) mass is 269 g/mol. The fourth-order valence-electron chi connectivity index (χ4n) is 2.74. The number of benzene rings is 1. The van der Waals surface area contributed by atoms with Crippen LogP contribution in [0, 0.1) is 5.92 Å². The van der Waals surface area contributed by atoms with E-state index in [9.17, 15) is 4.79 Å². The van der Waals surface area contributed by atoms with E-state index in [-0.39, 0.29) is 5.78 Å². The highest BCUT2D eigenvalue weighted by Crippen LogP contribution is 2.20. The normalized spacial score (nSPS) is 16.2. The molecule has 0 amide bonds. The van der Waals surface area contributed by atoms with Crippen molar-refractivity contribution in [1.82, 2.24) is 15.1 Å². The molecule has 1 aliphatic rings. The van der Waals surface area contributed by atoms with Crippen LogP contribution in [0.1, 0.15) is 29.8 Å². The third-order valence-electron chi connectivity index (χ3n) is 3.86. The average Bonchev–Trinajstić information content (AvgIpc) is 2.99. The summed E-state index contributed by atoms with van der Waals surface area (Å²) in [6, 6.07) is 11.6. The number of Topliss-reactive ketones (excluding diaryl/α,β-unsaturated/α-hetero) is 1. The third kappa shape index (κ3) is 2.80. The molecule has 1 aliphatic heterocycles. The van der Waals surface area contributed by atoms with Crippen molar-refractivity contribution in [3.63, 3.8) is 0 Å². The maximum atomic E-state index is 12.5. The van der Waals surface area contributed by atoms with Gasteiger partial charge in [-0.15, -0.1) is 0 Å². The Kier molecular flexibility index (Phi) is 3.92. The minimum Gasteiger partial charge on any atom is -0.317 e. The summed E-state index contributed by atoms with van der Waals surface area (Å²) in [5.74, 6) is 0.695. The van der Waals surface area contributed by atoms with E-state index in [0.717, 1.165) is 31.6 Å². The highest BCUT2D eigenvalue weighted by atomic mass is 16.1. The van der Waals surface area contributed by atoms with Gasteiger partial charge in [0, 0.05) is 6.42 Å². The van der Waals surface area contributed by atoms with Gasteiger partial charge in [0.25, 0.3) is 0 Å². The first-order chi connectivity index (χ1) is 9.84. The van der Waals surface area contributed by atoms with Crippen molar-refractivity contribution in [2.45, 2.75) is 19.3 Å². The molecule has 0 spiro atoms. The molecule has 0 saturated carbocycles. The topological polar surface area (TPSA) is 46.9 Å². The van der Waals surface area contributed by atoms with Gasteiger partial charge in [-0.1, -0.05) is 18.2 Å². The number of ketones is 1. The van der Waals surface area contributed by atoms with Gasteiger partial charge in [-0.3, -0.25) is 4.79 Å². The van der Waals surface area contributed by atoms with Crippen molar-refractivity contribution in [3.05, 3.63) is 48.3 Å². The molecule has 104 valence electrons. The summed E-state index contributed by atoms with van der Waals surface area (Å²) >= 11 is 0. The van der Waals surface area contributed by atoms with Gasteiger partial charge in [-0.05, 0) is 50.0 Å². The van der Waals surface area contributed by atoms with Crippen LogP contribution in [0.5, 0.6) is 0 Å². The van der Waals surface area contributed by atoms with Crippen molar-refractivity contribution in [1.29, 1.82) is 0 Å². The van der Waals surface area contributed by atoms with Gasteiger partial charge < -0.3 is 5.32 Å². The van der Waals surface area contributed by atoms with Crippen molar-refractivity contribution in [2.24, 2.45) is 5.92 Å². The van der Waals surface area contributed by atoms with Crippen LogP contribution in [-0.2, 0) is 0 Å². The largest absolute Gasteiger partial charge is 0.317 e. The molecular formula is C16H19N3O. The second-order valence-electron chi connectivity index (χ2n) is 5.28. The number of hydrogen-bond acceptors (Lipinski definition) is 3. The van der Waals surface area contributed by atoms with Gasteiger partial charge in [0.1, 0.15) is 5.69 Å². The number of rotatable bonds is 4. The van der Waals surface area contributed by atoms with Gasteiger partial charge in [-0.25, -0.2) is 4.68 Å². The Labute approximate surface area is 118 Å². The fourth-order valence-corrected chi connectivity index (χ4v) is 2.74. The number of nitrogens with one attached hydrogen (secondary N) is 1. The molecule has 20 heavy (non-hydrogen) atoms. The van der Waals surface area contributed by atoms with Crippen LogP contribution >= 0.6 is 0 Å². The van der Waals surface area contributed by atoms with E-state index in [2.05, 4.69) is 10.4 Å². The first kappa shape index (κ1) is 13.1. The average molecular weight is 269 g/mol. The van der Waals surface area contributed by atoms with Gasteiger partial charge in [-0.2, -0.15) is 5.10 Å². The Bertz CT molecular complexity index is 570. The van der Waals surface area contributed by atoms with Crippen molar-refractivity contribution in [3.8, 4) is 5.69 Å². The van der Waals surface area contributed by atoms with E-state index in [1.165, 1.54) is 0 Å². The molecule has 1 aromatic carbocycles. The molecular weight excluding hydrogens is 250 g/mol. The number of para-hydroxylation sites is 1. The molecule has 1 aromatic heterocycles. The van der Waals surface area contributed by atoms with Crippen LogP contribution in [0.25, 0.3) is 5.69 Å². The van der Waals surface area contributed by atoms with E-state index in [1.807, 2.05) is 36.4 Å². The third-order valence-corrected chi connectivity index (χ3v) is 3.86. The number of carbonyl (C=O) groups is 1. The predicted molar refractivity (Wildman–Crippen MR) is 78.1 cm³/mol. The van der Waals surface area contributed by atoms with Crippen molar-refractivity contribution < 1.29 is 4.79 Å². The molecule has 0 radical (unpaired) electrons. The molecule has 3 rings (SSSR count). The lowest BCUT2D eigenvalue weighted by atomic mass is 9.92. The standard InChI is InChI=1S/C16H19N3O/c20-16(12-13-6-9-17-10-7-13)15-8-11-18-19(15)14-4-2-1-3-5-14/h1-5,8,11,13,17H,6-7,9-10,12H2. The van der Waals surface area contributed by atoms with Crippen LogP contribution in [0.15, 0.2) is 42.6 Å². The number of hydrogen-bond donors (Lipinski definition) is 1. The number of piperidine rings is 1. The van der Waals surface area contributed by atoms with Gasteiger partial charge in [0.2, 0.25) is 0 Å². The first-order valence-corrected chi connectivity index (χ1v) is 7.18. The molecule has 2 aromatic rings. The van der Waals surface area contributed by atoms with Crippen molar-refractivity contribution in [2.75, 3.05) is 13.1 Å². The van der Waals surface area contributed by atoms with E-state index in [1.54, 1.807) is 10.9 Å². The van der Waals surface area contributed by atoms with E-state index >= 15 is 0 Å². The molecule has 2 heterocycles. The lowest BCUT2D eigenvalue weighted by Gasteiger charge is -2.21. The summed E-state index contributed by atoms with van der Waals surface area (Å²) in [6.07, 6.45) is 4.50. The van der Waals surface area contributed by atoms with Gasteiger partial charge in [0.15, 0.2) is 5.78 Å². The van der Waals surface area contributed by atoms with Crippen LogP contribution < -0.4 is 5.32 Å². The Morgan fingerprint density at radius 3 is 2.70 bits per heavy atom. The Morgan fingerprint density at radius 2 is 1.95 bits per heavy atom. The van der Waals surface area contributed by atoms with E-state index in [4.69, 9.17) is 0 Å². The summed E-state index contributed by atoms with van der Waals surface area (Å²) in [6.45, 7) is 2.05. The minimum absolute atomic E-state index is 0.193. The van der Waals surface area contributed by atoms with E-state index in [0.29, 0.717) is 18.0 Å². The lowest BCUT2D eigenvalue weighted by molar-refractivity contribution is 0.0945. The van der Waals surface area contributed by atoms with Gasteiger partial charge >= 0.3 is 0 Å². The zero-order chi connectivity index (χ0) is 13.8. The van der Waals surface area contributed by atoms with Crippen LogP contribution in [0.2, 0.25) is 0 Å². The Hall–Kier alpha value is -1.94. The summed E-state index contributed by atoms with van der Waals surface area (Å²) in [4.78, 5) is 12.5. The van der Waals surface area contributed by atoms with E-state index < -0.39 is 0 Å². The molecule has 4 heteroatoms. The zero-order valence-electron chi connectivity index (χ0n) is 11.5. The highest BCUT2D eigenvalue weighted by Gasteiger charge is 2.20. The summed E-state index contributed by atoms with van der Waals surface area (Å²) < 4.78 is 1.74. The molecule has 0 atom stereocenters. The van der Waals surface area contributed by atoms with Crippen LogP contribution in [0.4, 0.5) is 0 Å². The second-order valence-corrected chi connectivity index (χ2v) is 5.28. The van der Waals surface area contributed by atoms with Crippen LogP contribution in [0.3, 0.4) is 0 Å². The molecule has 0 unspecified atom stereocenters. The Morgan fingerprint density at radius 1 is 1.20 bits per heavy atom. The first-order valence-electron chi connectivity index (χ1n) is 7.18. The molecule has 1 N–H and O–H groups in total. The number of aromatic nitrogens is 2. The molecule has 0 aliphatic carbocycles. The molecule has 4 nitrogen and oxygen atoms in total. The maximum Gasteiger partial charge on any atom is 0.181 e. The Balaban J connectivity index is 1.77. The smallest absolute Gasteiger partial charge is 0.181 e. The minimum atomic E-state index is 0.193. The fraction of sp³-hybridized carbons (Fsp3) is 0.375. The molecule has 1 fully saturated rings. The molecule has 0 bridgehead atoms. The summed E-state index contributed by atoms with van der Waals surface area (Å²) in [5, 5.41) is 7.62.